The first-order valence-corrected chi connectivity index (χ1v) is 11.1. The van der Waals surface area contributed by atoms with Crippen molar-refractivity contribution in [1.29, 1.82) is 0 Å². The Balaban J connectivity index is 1.79. The van der Waals surface area contributed by atoms with Crippen LogP contribution in [0.3, 0.4) is 0 Å². The third-order valence-electron chi connectivity index (χ3n) is 5.23. The molecule has 2 aromatic rings. The van der Waals surface area contributed by atoms with E-state index in [1.165, 1.54) is 12.1 Å². The Hall–Kier alpha value is -2.84. The van der Waals surface area contributed by atoms with E-state index in [0.29, 0.717) is 43.8 Å². The number of methoxy groups -OCH3 is 1. The lowest BCUT2D eigenvalue weighted by atomic mass is 10.0. The van der Waals surface area contributed by atoms with Gasteiger partial charge in [0.1, 0.15) is 5.82 Å². The lowest BCUT2D eigenvalue weighted by Gasteiger charge is -2.34. The molecule has 0 spiro atoms. The lowest BCUT2D eigenvalue weighted by Crippen LogP contribution is -2.41. The number of morpholine rings is 1. The van der Waals surface area contributed by atoms with E-state index in [9.17, 15) is 4.39 Å². The van der Waals surface area contributed by atoms with Crippen LogP contribution in [0.4, 0.5) is 10.1 Å². The van der Waals surface area contributed by atoms with E-state index in [4.69, 9.17) is 19.2 Å². The van der Waals surface area contributed by atoms with Crippen LogP contribution in [0, 0.1) is 5.82 Å². The molecule has 174 valence electrons. The second-order valence-corrected chi connectivity index (χ2v) is 7.36. The first-order valence-electron chi connectivity index (χ1n) is 11.1. The summed E-state index contributed by atoms with van der Waals surface area (Å²) in [5.74, 6) is 1.79. The summed E-state index contributed by atoms with van der Waals surface area (Å²) in [6.07, 6.45) is 0. The number of benzene rings is 2. The van der Waals surface area contributed by atoms with Crippen molar-refractivity contribution in [3.63, 3.8) is 0 Å². The molecule has 1 fully saturated rings. The van der Waals surface area contributed by atoms with Crippen molar-refractivity contribution < 1.29 is 18.6 Å². The van der Waals surface area contributed by atoms with E-state index in [1.807, 2.05) is 44.2 Å². The lowest BCUT2D eigenvalue weighted by molar-refractivity contribution is 0.0180. The van der Waals surface area contributed by atoms with Crippen LogP contribution in [0.2, 0.25) is 0 Å². The number of rotatable bonds is 9. The van der Waals surface area contributed by atoms with E-state index in [0.717, 1.165) is 30.9 Å². The van der Waals surface area contributed by atoms with Crippen molar-refractivity contribution in [2.24, 2.45) is 4.99 Å². The van der Waals surface area contributed by atoms with Crippen molar-refractivity contribution in [2.45, 2.75) is 19.9 Å². The van der Waals surface area contributed by atoms with Gasteiger partial charge in [-0.15, -0.1) is 0 Å². The summed E-state index contributed by atoms with van der Waals surface area (Å²) >= 11 is 0. The topological polar surface area (TPSA) is 67.4 Å². The Morgan fingerprint density at radius 3 is 2.53 bits per heavy atom. The molecular formula is C24H33FN4O3. The molecule has 32 heavy (non-hydrogen) atoms. The van der Waals surface area contributed by atoms with Gasteiger partial charge in [0.05, 0.1) is 39.5 Å². The molecule has 1 unspecified atom stereocenters. The van der Waals surface area contributed by atoms with Crippen molar-refractivity contribution in [1.82, 2.24) is 10.2 Å². The SMILES string of the molecule is CCNC(=NCC(c1ccc(F)cc1)N1CCOCC1)Nc1ccc(OCC)c(OC)c1. The highest BCUT2D eigenvalue weighted by molar-refractivity contribution is 5.94. The standard InChI is InChI=1S/C24H33FN4O3/c1-4-26-24(28-20-10-11-22(32-5-2)23(16-20)30-3)27-17-21(29-12-14-31-15-13-29)18-6-8-19(25)9-7-18/h6-11,16,21H,4-5,12-15,17H2,1-3H3,(H2,26,27,28). The summed E-state index contributed by atoms with van der Waals surface area (Å²) in [4.78, 5) is 7.18. The molecular weight excluding hydrogens is 411 g/mol. The molecule has 0 radical (unpaired) electrons. The van der Waals surface area contributed by atoms with Crippen molar-refractivity contribution >= 4 is 11.6 Å². The fraction of sp³-hybridized carbons (Fsp3) is 0.458. The number of guanidine groups is 1. The number of halogens is 1. The minimum absolute atomic E-state index is 0.0322. The Morgan fingerprint density at radius 2 is 1.88 bits per heavy atom. The highest BCUT2D eigenvalue weighted by Crippen LogP contribution is 2.30. The normalized spacial score (nSPS) is 15.8. The molecule has 0 aromatic heterocycles. The van der Waals surface area contributed by atoms with Crippen LogP contribution in [-0.4, -0.2) is 64.0 Å². The van der Waals surface area contributed by atoms with Crippen LogP contribution in [-0.2, 0) is 4.74 Å². The number of aliphatic imine (C=N–C) groups is 1. The molecule has 2 N–H and O–H groups in total. The minimum Gasteiger partial charge on any atom is -0.493 e. The average molecular weight is 445 g/mol. The zero-order valence-corrected chi connectivity index (χ0v) is 19.1. The molecule has 1 atom stereocenters. The van der Waals surface area contributed by atoms with Gasteiger partial charge in [-0.2, -0.15) is 0 Å². The van der Waals surface area contributed by atoms with E-state index in [1.54, 1.807) is 7.11 Å². The molecule has 1 aliphatic rings. The molecule has 1 heterocycles. The van der Waals surface area contributed by atoms with Crippen molar-refractivity contribution in [2.75, 3.05) is 58.4 Å². The highest BCUT2D eigenvalue weighted by Gasteiger charge is 2.22. The maximum Gasteiger partial charge on any atom is 0.195 e. The summed E-state index contributed by atoms with van der Waals surface area (Å²) in [7, 11) is 1.62. The van der Waals surface area contributed by atoms with Crippen molar-refractivity contribution in [3.8, 4) is 11.5 Å². The predicted molar refractivity (Wildman–Crippen MR) is 125 cm³/mol. The number of hydrogen-bond acceptors (Lipinski definition) is 5. The smallest absolute Gasteiger partial charge is 0.195 e. The van der Waals surface area contributed by atoms with Gasteiger partial charge in [-0.3, -0.25) is 9.89 Å². The molecule has 0 aliphatic carbocycles. The largest absolute Gasteiger partial charge is 0.493 e. The van der Waals surface area contributed by atoms with Crippen LogP contribution in [0.1, 0.15) is 25.5 Å². The molecule has 0 amide bonds. The molecule has 0 saturated carbocycles. The van der Waals surface area contributed by atoms with Gasteiger partial charge in [-0.25, -0.2) is 4.39 Å². The van der Waals surface area contributed by atoms with Crippen molar-refractivity contribution in [3.05, 3.63) is 53.8 Å². The monoisotopic (exact) mass is 444 g/mol. The first-order chi connectivity index (χ1) is 15.6. The summed E-state index contributed by atoms with van der Waals surface area (Å²) in [6.45, 7) is 8.78. The highest BCUT2D eigenvalue weighted by atomic mass is 19.1. The zero-order valence-electron chi connectivity index (χ0n) is 19.1. The molecule has 1 saturated heterocycles. The van der Waals surface area contributed by atoms with Crippen LogP contribution in [0.15, 0.2) is 47.5 Å². The summed E-state index contributed by atoms with van der Waals surface area (Å²) in [6, 6.07) is 12.4. The van der Waals surface area contributed by atoms with Gasteiger partial charge in [-0.05, 0) is 43.7 Å². The minimum atomic E-state index is -0.238. The van der Waals surface area contributed by atoms with E-state index in [2.05, 4.69) is 15.5 Å². The van der Waals surface area contributed by atoms with E-state index < -0.39 is 0 Å². The second-order valence-electron chi connectivity index (χ2n) is 7.36. The fourth-order valence-electron chi connectivity index (χ4n) is 3.65. The maximum absolute atomic E-state index is 13.5. The van der Waals surface area contributed by atoms with Gasteiger partial charge >= 0.3 is 0 Å². The number of anilines is 1. The maximum atomic E-state index is 13.5. The average Bonchev–Trinajstić information content (AvgIpc) is 2.82. The quantitative estimate of drug-likeness (QED) is 0.454. The fourth-order valence-corrected chi connectivity index (χ4v) is 3.65. The number of hydrogen-bond donors (Lipinski definition) is 2. The summed E-state index contributed by atoms with van der Waals surface area (Å²) in [5, 5.41) is 6.63. The number of nitrogens with one attached hydrogen (secondary N) is 2. The predicted octanol–water partition coefficient (Wildman–Crippen LogP) is 3.68. The Labute approximate surface area is 189 Å². The van der Waals surface area contributed by atoms with Gasteiger partial charge in [0, 0.05) is 31.4 Å². The molecule has 8 heteroatoms. The van der Waals surface area contributed by atoms with Crippen LogP contribution < -0.4 is 20.1 Å². The molecule has 3 rings (SSSR count). The number of ether oxygens (including phenoxy) is 3. The zero-order chi connectivity index (χ0) is 22.8. The van der Waals surface area contributed by atoms with Gasteiger partial charge in [0.25, 0.3) is 0 Å². The molecule has 7 nitrogen and oxygen atoms in total. The first kappa shape index (κ1) is 23.8. The Bertz CT molecular complexity index is 870. The second kappa shape index (κ2) is 12.3. The Morgan fingerprint density at radius 1 is 1.12 bits per heavy atom. The number of nitrogens with zero attached hydrogens (tertiary/aromatic N) is 2. The summed E-state index contributed by atoms with van der Waals surface area (Å²) < 4.78 is 30.0. The third kappa shape index (κ3) is 6.58. The molecule has 0 bridgehead atoms. The third-order valence-corrected chi connectivity index (χ3v) is 5.23. The van der Waals surface area contributed by atoms with Gasteiger partial charge in [0.2, 0.25) is 0 Å². The van der Waals surface area contributed by atoms with Gasteiger partial charge in [0.15, 0.2) is 17.5 Å². The van der Waals surface area contributed by atoms with Crippen LogP contribution in [0.5, 0.6) is 11.5 Å². The van der Waals surface area contributed by atoms with E-state index >= 15 is 0 Å². The van der Waals surface area contributed by atoms with Crippen LogP contribution >= 0.6 is 0 Å². The summed E-state index contributed by atoms with van der Waals surface area (Å²) in [5.41, 5.74) is 1.88. The Kier molecular flexibility index (Phi) is 9.13. The molecule has 2 aromatic carbocycles. The van der Waals surface area contributed by atoms with Crippen LogP contribution in [0.25, 0.3) is 0 Å². The van der Waals surface area contributed by atoms with Gasteiger partial charge in [-0.1, -0.05) is 12.1 Å². The van der Waals surface area contributed by atoms with Gasteiger partial charge < -0.3 is 24.8 Å². The molecule has 1 aliphatic heterocycles. The van der Waals surface area contributed by atoms with E-state index in [-0.39, 0.29) is 11.9 Å².